The largest absolute Gasteiger partial charge is 0.385 e. The van der Waals surface area contributed by atoms with Crippen molar-refractivity contribution in [2.45, 2.75) is 31.8 Å². The van der Waals surface area contributed by atoms with Crippen LogP contribution in [0, 0.1) is 0 Å². The molecule has 35 heavy (non-hydrogen) atoms. The molecular formula is C28H30Cl2N2O3. The van der Waals surface area contributed by atoms with Crippen LogP contribution in [0.1, 0.15) is 23.1 Å². The fraction of sp³-hybridized carbons (Fsp3) is 0.286. The standard InChI is InChI=1S/C28H30Cl2N2O3/c1-35-17-5-16-31-28(34)26(18-21-6-3-2-4-7-21)32(20-23-10-14-25(30)15-11-23)27(33)19-22-8-12-24(29)13-9-22/h2-4,6-15,26H,5,16-20H2,1H3,(H,31,34)/t26-/m0/s1. The Balaban J connectivity index is 1.90. The zero-order valence-electron chi connectivity index (χ0n) is 19.8. The van der Waals surface area contributed by atoms with Gasteiger partial charge in [0.05, 0.1) is 6.42 Å². The van der Waals surface area contributed by atoms with Crippen molar-refractivity contribution in [1.82, 2.24) is 10.2 Å². The molecule has 0 fully saturated rings. The van der Waals surface area contributed by atoms with Gasteiger partial charge in [-0.1, -0.05) is 77.8 Å². The summed E-state index contributed by atoms with van der Waals surface area (Å²) in [6, 6.07) is 23.6. The molecule has 3 rings (SSSR count). The quantitative estimate of drug-likeness (QED) is 0.333. The van der Waals surface area contributed by atoms with Crippen LogP contribution in [-0.4, -0.2) is 43.0 Å². The van der Waals surface area contributed by atoms with E-state index < -0.39 is 6.04 Å². The summed E-state index contributed by atoms with van der Waals surface area (Å²) in [6.45, 7) is 1.30. The van der Waals surface area contributed by atoms with Crippen LogP contribution >= 0.6 is 23.2 Å². The minimum absolute atomic E-state index is 0.143. The highest BCUT2D eigenvalue weighted by Gasteiger charge is 2.30. The van der Waals surface area contributed by atoms with Crippen LogP contribution in [0.15, 0.2) is 78.9 Å². The summed E-state index contributed by atoms with van der Waals surface area (Å²) >= 11 is 12.1. The van der Waals surface area contributed by atoms with Crippen LogP contribution in [0.5, 0.6) is 0 Å². The summed E-state index contributed by atoms with van der Waals surface area (Å²) in [5, 5.41) is 4.21. The highest BCUT2D eigenvalue weighted by molar-refractivity contribution is 6.30. The molecule has 1 N–H and O–H groups in total. The summed E-state index contributed by atoms with van der Waals surface area (Å²) in [7, 11) is 1.63. The lowest BCUT2D eigenvalue weighted by atomic mass is 10.0. The number of halogens is 2. The van der Waals surface area contributed by atoms with Crippen LogP contribution < -0.4 is 5.32 Å². The molecule has 2 amide bonds. The number of rotatable bonds is 12. The van der Waals surface area contributed by atoms with Crippen LogP contribution in [0.4, 0.5) is 0 Å². The molecule has 0 unspecified atom stereocenters. The Hall–Kier alpha value is -2.86. The van der Waals surface area contributed by atoms with E-state index in [1.807, 2.05) is 54.6 Å². The molecule has 0 radical (unpaired) electrons. The van der Waals surface area contributed by atoms with E-state index in [0.29, 0.717) is 36.0 Å². The Bertz CT molecular complexity index is 1070. The fourth-order valence-corrected chi connectivity index (χ4v) is 4.02. The van der Waals surface area contributed by atoms with Gasteiger partial charge in [-0.25, -0.2) is 0 Å². The zero-order valence-corrected chi connectivity index (χ0v) is 21.3. The average molecular weight is 513 g/mol. The van der Waals surface area contributed by atoms with E-state index in [2.05, 4.69) is 5.32 Å². The topological polar surface area (TPSA) is 58.6 Å². The van der Waals surface area contributed by atoms with Crippen molar-refractivity contribution in [2.75, 3.05) is 20.3 Å². The Morgan fingerprint density at radius 3 is 2.06 bits per heavy atom. The van der Waals surface area contributed by atoms with Gasteiger partial charge >= 0.3 is 0 Å². The fourth-order valence-electron chi connectivity index (χ4n) is 3.76. The monoisotopic (exact) mass is 512 g/mol. The number of nitrogens with one attached hydrogen (secondary N) is 1. The molecule has 3 aromatic carbocycles. The maximum Gasteiger partial charge on any atom is 0.243 e. The first-order valence-electron chi connectivity index (χ1n) is 11.5. The molecule has 3 aromatic rings. The van der Waals surface area contributed by atoms with Gasteiger partial charge in [0.2, 0.25) is 11.8 Å². The van der Waals surface area contributed by atoms with Gasteiger partial charge in [-0.3, -0.25) is 9.59 Å². The second-order valence-corrected chi connectivity index (χ2v) is 9.17. The zero-order chi connectivity index (χ0) is 25.0. The van der Waals surface area contributed by atoms with Crippen LogP contribution in [0.3, 0.4) is 0 Å². The lowest BCUT2D eigenvalue weighted by molar-refractivity contribution is -0.140. The van der Waals surface area contributed by atoms with Gasteiger partial charge in [0.1, 0.15) is 6.04 Å². The van der Waals surface area contributed by atoms with Crippen molar-refractivity contribution in [3.63, 3.8) is 0 Å². The third-order valence-electron chi connectivity index (χ3n) is 5.63. The first-order valence-corrected chi connectivity index (χ1v) is 12.3. The van der Waals surface area contributed by atoms with Gasteiger partial charge in [-0.2, -0.15) is 0 Å². The third-order valence-corrected chi connectivity index (χ3v) is 6.13. The minimum Gasteiger partial charge on any atom is -0.385 e. The molecule has 0 aliphatic rings. The lowest BCUT2D eigenvalue weighted by Crippen LogP contribution is -2.51. The van der Waals surface area contributed by atoms with Crippen molar-refractivity contribution >= 4 is 35.0 Å². The molecule has 0 saturated carbocycles. The van der Waals surface area contributed by atoms with Gasteiger partial charge in [-0.05, 0) is 47.4 Å². The van der Waals surface area contributed by atoms with E-state index in [4.69, 9.17) is 27.9 Å². The van der Waals surface area contributed by atoms with Gasteiger partial charge in [0.15, 0.2) is 0 Å². The SMILES string of the molecule is COCCCNC(=O)[C@H](Cc1ccccc1)N(Cc1ccc(Cl)cc1)C(=O)Cc1ccc(Cl)cc1. The first-order chi connectivity index (χ1) is 17.0. The summed E-state index contributed by atoms with van der Waals surface area (Å²) in [4.78, 5) is 28.7. The Kier molecular flexibility index (Phi) is 10.6. The predicted molar refractivity (Wildman–Crippen MR) is 141 cm³/mol. The number of methoxy groups -OCH3 is 1. The van der Waals surface area contributed by atoms with E-state index in [0.717, 1.165) is 16.7 Å². The minimum atomic E-state index is -0.685. The van der Waals surface area contributed by atoms with E-state index in [9.17, 15) is 9.59 Å². The molecule has 7 heteroatoms. The maximum atomic E-state index is 13.6. The molecule has 0 aliphatic heterocycles. The van der Waals surface area contributed by atoms with Crippen LogP contribution in [0.2, 0.25) is 10.0 Å². The molecule has 0 aromatic heterocycles. The maximum absolute atomic E-state index is 13.6. The van der Waals surface area contributed by atoms with Gasteiger partial charge in [-0.15, -0.1) is 0 Å². The number of hydrogen-bond donors (Lipinski definition) is 1. The second-order valence-electron chi connectivity index (χ2n) is 8.29. The summed E-state index contributed by atoms with van der Waals surface area (Å²) in [5.74, 6) is -0.335. The van der Waals surface area contributed by atoms with E-state index in [-0.39, 0.29) is 24.8 Å². The molecule has 184 valence electrons. The van der Waals surface area contributed by atoms with Crippen molar-refractivity contribution in [3.8, 4) is 0 Å². The number of benzene rings is 3. The smallest absolute Gasteiger partial charge is 0.243 e. The Labute approximate surface area is 217 Å². The number of hydrogen-bond acceptors (Lipinski definition) is 3. The van der Waals surface area contributed by atoms with E-state index >= 15 is 0 Å². The number of carbonyl (C=O) groups excluding carboxylic acids is 2. The van der Waals surface area contributed by atoms with Crippen molar-refractivity contribution in [1.29, 1.82) is 0 Å². The molecule has 0 heterocycles. The van der Waals surface area contributed by atoms with Gasteiger partial charge in [0.25, 0.3) is 0 Å². The first kappa shape index (κ1) is 26.7. The highest BCUT2D eigenvalue weighted by atomic mass is 35.5. The van der Waals surface area contributed by atoms with Crippen molar-refractivity contribution < 1.29 is 14.3 Å². The van der Waals surface area contributed by atoms with Crippen molar-refractivity contribution in [2.24, 2.45) is 0 Å². The van der Waals surface area contributed by atoms with Gasteiger partial charge in [0, 0.05) is 43.3 Å². The predicted octanol–water partition coefficient (Wildman–Crippen LogP) is 5.33. The lowest BCUT2D eigenvalue weighted by Gasteiger charge is -2.31. The number of ether oxygens (including phenoxy) is 1. The summed E-state index contributed by atoms with van der Waals surface area (Å²) < 4.78 is 5.09. The third kappa shape index (κ3) is 8.70. The second kappa shape index (κ2) is 13.9. The normalized spacial score (nSPS) is 11.6. The molecular weight excluding hydrogens is 483 g/mol. The molecule has 0 saturated heterocycles. The number of nitrogens with zero attached hydrogens (tertiary/aromatic N) is 1. The average Bonchev–Trinajstić information content (AvgIpc) is 2.87. The summed E-state index contributed by atoms with van der Waals surface area (Å²) in [5.41, 5.74) is 2.70. The molecule has 0 bridgehead atoms. The van der Waals surface area contributed by atoms with Gasteiger partial charge < -0.3 is 15.0 Å². The molecule has 0 spiro atoms. The van der Waals surface area contributed by atoms with Crippen LogP contribution in [0.25, 0.3) is 0 Å². The molecule has 5 nitrogen and oxygen atoms in total. The molecule has 0 aliphatic carbocycles. The van der Waals surface area contributed by atoms with E-state index in [1.165, 1.54) is 0 Å². The number of amides is 2. The highest BCUT2D eigenvalue weighted by Crippen LogP contribution is 2.19. The van der Waals surface area contributed by atoms with E-state index in [1.54, 1.807) is 36.3 Å². The molecule has 1 atom stereocenters. The summed E-state index contributed by atoms with van der Waals surface area (Å²) in [6.07, 6.45) is 1.25. The Morgan fingerprint density at radius 2 is 1.46 bits per heavy atom. The van der Waals surface area contributed by atoms with Crippen LogP contribution in [-0.2, 0) is 33.7 Å². The Morgan fingerprint density at radius 1 is 0.857 bits per heavy atom. The number of carbonyl (C=O) groups is 2. The van der Waals surface area contributed by atoms with Crippen molar-refractivity contribution in [3.05, 3.63) is 106 Å².